The minimum atomic E-state index is 0.787. The van der Waals surface area contributed by atoms with Crippen LogP contribution in [0.2, 0.25) is 0 Å². The lowest BCUT2D eigenvalue weighted by molar-refractivity contribution is 0.706. The van der Waals surface area contributed by atoms with Crippen molar-refractivity contribution in [2.45, 2.75) is 26.2 Å². The van der Waals surface area contributed by atoms with E-state index in [0.29, 0.717) is 0 Å². The molecule has 0 aliphatic heterocycles. The summed E-state index contributed by atoms with van der Waals surface area (Å²) in [6, 6.07) is 2.05. The molecule has 3 nitrogen and oxygen atoms in total. The van der Waals surface area contributed by atoms with Crippen molar-refractivity contribution in [2.75, 3.05) is 18.4 Å². The lowest BCUT2D eigenvalue weighted by atomic mass is 10.2. The third kappa shape index (κ3) is 4.62. The van der Waals surface area contributed by atoms with Crippen LogP contribution in [0.4, 0.5) is 5.82 Å². The zero-order chi connectivity index (χ0) is 11.1. The molecule has 0 spiro atoms. The van der Waals surface area contributed by atoms with Gasteiger partial charge in [0.2, 0.25) is 0 Å². The number of halogens is 1. The lowest BCUT2D eigenvalue weighted by Crippen LogP contribution is -2.05. The topological polar surface area (TPSA) is 50.9 Å². The second-order valence-electron chi connectivity index (χ2n) is 3.59. The summed E-state index contributed by atoms with van der Waals surface area (Å²) in [5.74, 6) is 0.948. The number of nitrogens with one attached hydrogen (secondary N) is 1. The van der Waals surface area contributed by atoms with Crippen LogP contribution in [-0.2, 0) is 0 Å². The smallest absolute Gasteiger partial charge is 0.126 e. The minimum Gasteiger partial charge on any atom is -0.370 e. The Balaban J connectivity index is 2.28. The van der Waals surface area contributed by atoms with Gasteiger partial charge in [0.1, 0.15) is 5.82 Å². The van der Waals surface area contributed by atoms with Crippen molar-refractivity contribution in [3.8, 4) is 0 Å². The van der Waals surface area contributed by atoms with E-state index in [-0.39, 0.29) is 0 Å². The number of rotatable bonds is 6. The Kier molecular flexibility index (Phi) is 5.65. The molecule has 0 bridgehead atoms. The van der Waals surface area contributed by atoms with Crippen LogP contribution in [-0.4, -0.2) is 18.1 Å². The second kappa shape index (κ2) is 6.80. The van der Waals surface area contributed by atoms with Gasteiger partial charge in [0.15, 0.2) is 0 Å². The number of aryl methyl sites for hydroxylation is 1. The van der Waals surface area contributed by atoms with Crippen molar-refractivity contribution in [1.29, 1.82) is 0 Å². The van der Waals surface area contributed by atoms with E-state index in [1.165, 1.54) is 12.0 Å². The van der Waals surface area contributed by atoms with Gasteiger partial charge in [0, 0.05) is 17.2 Å². The largest absolute Gasteiger partial charge is 0.370 e. The van der Waals surface area contributed by atoms with Crippen LogP contribution >= 0.6 is 15.9 Å². The Morgan fingerprint density at radius 3 is 2.87 bits per heavy atom. The van der Waals surface area contributed by atoms with Gasteiger partial charge in [-0.3, -0.25) is 0 Å². The zero-order valence-corrected chi connectivity index (χ0v) is 10.7. The van der Waals surface area contributed by atoms with Gasteiger partial charge in [-0.15, -0.1) is 0 Å². The average molecular weight is 272 g/mol. The molecule has 3 N–H and O–H groups in total. The van der Waals surface area contributed by atoms with E-state index in [1.54, 1.807) is 0 Å². The Labute approximate surface area is 99.6 Å². The van der Waals surface area contributed by atoms with Crippen molar-refractivity contribution < 1.29 is 0 Å². The molecule has 0 saturated heterocycles. The molecule has 0 radical (unpaired) electrons. The summed E-state index contributed by atoms with van der Waals surface area (Å²) in [5, 5.41) is 3.30. The molecule has 84 valence electrons. The predicted molar refractivity (Wildman–Crippen MR) is 68.1 cm³/mol. The second-order valence-corrected chi connectivity index (χ2v) is 4.45. The van der Waals surface area contributed by atoms with Crippen molar-refractivity contribution in [2.24, 2.45) is 5.73 Å². The molecule has 0 aromatic carbocycles. The summed E-state index contributed by atoms with van der Waals surface area (Å²) in [6.45, 7) is 3.81. The summed E-state index contributed by atoms with van der Waals surface area (Å²) in [4.78, 5) is 4.27. The van der Waals surface area contributed by atoms with Crippen LogP contribution in [0.3, 0.4) is 0 Å². The molecular formula is C11H18BrN3. The van der Waals surface area contributed by atoms with Crippen LogP contribution in [0.1, 0.15) is 24.8 Å². The first-order valence-electron chi connectivity index (χ1n) is 5.30. The maximum atomic E-state index is 5.42. The molecule has 0 fully saturated rings. The highest BCUT2D eigenvalue weighted by molar-refractivity contribution is 9.10. The minimum absolute atomic E-state index is 0.787. The number of hydrogen-bond acceptors (Lipinski definition) is 3. The van der Waals surface area contributed by atoms with E-state index in [0.717, 1.165) is 36.2 Å². The number of nitrogens with two attached hydrogens (primary N) is 1. The van der Waals surface area contributed by atoms with Crippen LogP contribution < -0.4 is 11.1 Å². The van der Waals surface area contributed by atoms with E-state index in [9.17, 15) is 0 Å². The van der Waals surface area contributed by atoms with Gasteiger partial charge in [-0.05, 0) is 53.9 Å². The summed E-state index contributed by atoms with van der Waals surface area (Å²) in [6.07, 6.45) is 5.26. The van der Waals surface area contributed by atoms with Gasteiger partial charge in [0.05, 0.1) is 0 Å². The fraction of sp³-hybridized carbons (Fsp3) is 0.545. The molecule has 1 aromatic rings. The number of unbranched alkanes of at least 4 members (excludes halogenated alkanes) is 2. The summed E-state index contributed by atoms with van der Waals surface area (Å²) in [5.41, 5.74) is 6.62. The maximum absolute atomic E-state index is 5.42. The Morgan fingerprint density at radius 1 is 1.40 bits per heavy atom. The van der Waals surface area contributed by atoms with Gasteiger partial charge in [0.25, 0.3) is 0 Å². The van der Waals surface area contributed by atoms with E-state index >= 15 is 0 Å². The van der Waals surface area contributed by atoms with E-state index < -0.39 is 0 Å². The van der Waals surface area contributed by atoms with Crippen LogP contribution in [0.25, 0.3) is 0 Å². The fourth-order valence-corrected chi connectivity index (χ4v) is 1.52. The molecule has 1 rings (SSSR count). The summed E-state index contributed by atoms with van der Waals surface area (Å²) < 4.78 is 1.05. The molecule has 0 amide bonds. The van der Waals surface area contributed by atoms with Crippen molar-refractivity contribution in [3.63, 3.8) is 0 Å². The van der Waals surface area contributed by atoms with Gasteiger partial charge >= 0.3 is 0 Å². The molecule has 0 atom stereocenters. The highest BCUT2D eigenvalue weighted by Gasteiger charge is 1.97. The van der Waals surface area contributed by atoms with Crippen molar-refractivity contribution in [1.82, 2.24) is 4.98 Å². The Bertz CT molecular complexity index is 302. The molecule has 0 aliphatic rings. The Hall–Kier alpha value is -0.610. The first-order chi connectivity index (χ1) is 7.24. The summed E-state index contributed by atoms with van der Waals surface area (Å²) >= 11 is 3.43. The highest BCUT2D eigenvalue weighted by Crippen LogP contribution is 2.17. The third-order valence-electron chi connectivity index (χ3n) is 2.23. The van der Waals surface area contributed by atoms with E-state index in [4.69, 9.17) is 5.73 Å². The van der Waals surface area contributed by atoms with Gasteiger partial charge < -0.3 is 11.1 Å². The summed E-state index contributed by atoms with van der Waals surface area (Å²) in [7, 11) is 0. The fourth-order valence-electron chi connectivity index (χ4n) is 1.30. The number of anilines is 1. The normalized spacial score (nSPS) is 10.3. The molecule has 0 saturated carbocycles. The third-order valence-corrected chi connectivity index (χ3v) is 3.06. The first-order valence-corrected chi connectivity index (χ1v) is 6.09. The predicted octanol–water partition coefficient (Wildman–Crippen LogP) is 2.69. The molecule has 0 unspecified atom stereocenters. The maximum Gasteiger partial charge on any atom is 0.126 e. The van der Waals surface area contributed by atoms with Crippen molar-refractivity contribution in [3.05, 3.63) is 22.3 Å². The highest BCUT2D eigenvalue weighted by atomic mass is 79.9. The quantitative estimate of drug-likeness (QED) is 0.783. The van der Waals surface area contributed by atoms with Gasteiger partial charge in [-0.1, -0.05) is 6.42 Å². The number of pyridine rings is 1. The molecule has 4 heteroatoms. The van der Waals surface area contributed by atoms with Crippen LogP contribution in [0.5, 0.6) is 0 Å². The molecule has 1 heterocycles. The molecular weight excluding hydrogens is 254 g/mol. The zero-order valence-electron chi connectivity index (χ0n) is 9.09. The standard InChI is InChI=1S/C11H18BrN3/c1-9-7-11(15-8-10(9)12)14-6-4-2-3-5-13/h7-8H,2-6,13H2,1H3,(H,14,15). The average Bonchev–Trinajstić information content (AvgIpc) is 2.23. The van der Waals surface area contributed by atoms with Crippen LogP contribution in [0.15, 0.2) is 16.7 Å². The number of nitrogens with zero attached hydrogens (tertiary/aromatic N) is 1. The van der Waals surface area contributed by atoms with Crippen molar-refractivity contribution >= 4 is 21.7 Å². The first kappa shape index (κ1) is 12.5. The molecule has 1 aromatic heterocycles. The van der Waals surface area contributed by atoms with E-state index in [1.807, 2.05) is 12.3 Å². The Morgan fingerprint density at radius 2 is 2.20 bits per heavy atom. The number of aromatic nitrogens is 1. The van der Waals surface area contributed by atoms with Gasteiger partial charge in [-0.25, -0.2) is 4.98 Å². The molecule has 15 heavy (non-hydrogen) atoms. The van der Waals surface area contributed by atoms with Crippen LogP contribution in [0, 0.1) is 6.92 Å². The van der Waals surface area contributed by atoms with E-state index in [2.05, 4.69) is 33.2 Å². The lowest BCUT2D eigenvalue weighted by Gasteiger charge is -2.06. The monoisotopic (exact) mass is 271 g/mol. The number of hydrogen-bond donors (Lipinski definition) is 2. The molecule has 0 aliphatic carbocycles. The van der Waals surface area contributed by atoms with Gasteiger partial charge in [-0.2, -0.15) is 0 Å². The SMILES string of the molecule is Cc1cc(NCCCCCN)ncc1Br.